The molecule has 0 heterocycles. The fourth-order valence-corrected chi connectivity index (χ4v) is 2.66. The molecule has 2 N–H and O–H groups in total. The highest BCUT2D eigenvalue weighted by molar-refractivity contribution is 5.94. The van der Waals surface area contributed by atoms with E-state index >= 15 is 0 Å². The van der Waals surface area contributed by atoms with E-state index in [1.807, 2.05) is 76.2 Å². The monoisotopic (exact) mass is 356 g/mol. The number of hydrogen-bond acceptors (Lipinski definition) is 4. The standard InChI is InChI=1S/C21H28N2O3/c1-5-25-19-13-12-17(14-20(19)26-6-2)15(3)22-16(4)21(24)23-18-10-8-7-9-11-18/h7-16,22H,5-6H2,1-4H3,(H,23,24)/t15-,16-/m1/s1. The first-order valence-electron chi connectivity index (χ1n) is 9.06. The van der Waals surface area contributed by atoms with Crippen LogP contribution in [-0.4, -0.2) is 25.2 Å². The van der Waals surface area contributed by atoms with E-state index in [0.29, 0.717) is 13.2 Å². The van der Waals surface area contributed by atoms with Gasteiger partial charge < -0.3 is 14.8 Å². The molecule has 26 heavy (non-hydrogen) atoms. The Labute approximate surface area is 155 Å². The summed E-state index contributed by atoms with van der Waals surface area (Å²) in [4.78, 5) is 12.4. The van der Waals surface area contributed by atoms with E-state index in [-0.39, 0.29) is 18.0 Å². The van der Waals surface area contributed by atoms with Gasteiger partial charge in [-0.05, 0) is 57.5 Å². The lowest BCUT2D eigenvalue weighted by molar-refractivity contribution is -0.117. The predicted molar refractivity (Wildman–Crippen MR) is 105 cm³/mol. The normalized spacial score (nSPS) is 12.9. The SMILES string of the molecule is CCOc1ccc([C@@H](C)N[C@H](C)C(=O)Nc2ccccc2)cc1OCC. The van der Waals surface area contributed by atoms with Gasteiger partial charge in [0.25, 0.3) is 0 Å². The molecule has 2 atom stereocenters. The van der Waals surface area contributed by atoms with E-state index in [4.69, 9.17) is 9.47 Å². The van der Waals surface area contributed by atoms with E-state index in [9.17, 15) is 4.79 Å². The molecule has 5 heteroatoms. The summed E-state index contributed by atoms with van der Waals surface area (Å²) in [5.74, 6) is 1.39. The number of para-hydroxylation sites is 1. The molecule has 5 nitrogen and oxygen atoms in total. The molecule has 2 rings (SSSR count). The highest BCUT2D eigenvalue weighted by Crippen LogP contribution is 2.30. The zero-order valence-electron chi connectivity index (χ0n) is 15.9. The molecule has 0 radical (unpaired) electrons. The third kappa shape index (κ3) is 5.49. The molecule has 0 spiro atoms. The second-order valence-electron chi connectivity index (χ2n) is 6.04. The van der Waals surface area contributed by atoms with Gasteiger partial charge in [-0.2, -0.15) is 0 Å². The number of carbonyl (C=O) groups excluding carboxylic acids is 1. The van der Waals surface area contributed by atoms with Crippen LogP contribution in [0.3, 0.4) is 0 Å². The van der Waals surface area contributed by atoms with Crippen molar-refractivity contribution in [3.63, 3.8) is 0 Å². The molecular weight excluding hydrogens is 328 g/mol. The lowest BCUT2D eigenvalue weighted by Crippen LogP contribution is -2.39. The van der Waals surface area contributed by atoms with Crippen molar-refractivity contribution in [2.75, 3.05) is 18.5 Å². The quantitative estimate of drug-likeness (QED) is 0.708. The van der Waals surface area contributed by atoms with Crippen LogP contribution in [0.25, 0.3) is 0 Å². The van der Waals surface area contributed by atoms with E-state index in [1.165, 1.54) is 0 Å². The third-order valence-corrected chi connectivity index (χ3v) is 4.00. The van der Waals surface area contributed by atoms with Crippen LogP contribution in [0.4, 0.5) is 5.69 Å². The van der Waals surface area contributed by atoms with Gasteiger partial charge in [0.1, 0.15) is 0 Å². The Morgan fingerprint density at radius 3 is 2.27 bits per heavy atom. The average Bonchev–Trinajstić information content (AvgIpc) is 2.64. The number of hydrogen-bond donors (Lipinski definition) is 2. The Morgan fingerprint density at radius 1 is 0.962 bits per heavy atom. The van der Waals surface area contributed by atoms with Crippen LogP contribution in [0.2, 0.25) is 0 Å². The number of benzene rings is 2. The van der Waals surface area contributed by atoms with E-state index in [2.05, 4.69) is 10.6 Å². The first kappa shape index (κ1) is 19.8. The highest BCUT2D eigenvalue weighted by atomic mass is 16.5. The van der Waals surface area contributed by atoms with Crippen LogP contribution >= 0.6 is 0 Å². The van der Waals surface area contributed by atoms with Gasteiger partial charge in [0, 0.05) is 11.7 Å². The second-order valence-corrected chi connectivity index (χ2v) is 6.04. The lowest BCUT2D eigenvalue weighted by atomic mass is 10.1. The Bertz CT molecular complexity index is 704. The van der Waals surface area contributed by atoms with Crippen LogP contribution in [0.15, 0.2) is 48.5 Å². The molecule has 0 bridgehead atoms. The molecular formula is C21H28N2O3. The minimum Gasteiger partial charge on any atom is -0.490 e. The molecule has 0 saturated heterocycles. The molecule has 0 unspecified atom stereocenters. The zero-order valence-corrected chi connectivity index (χ0v) is 15.9. The molecule has 2 aromatic carbocycles. The van der Waals surface area contributed by atoms with Crippen molar-refractivity contribution in [1.82, 2.24) is 5.32 Å². The summed E-state index contributed by atoms with van der Waals surface area (Å²) in [6.45, 7) is 8.93. The lowest BCUT2D eigenvalue weighted by Gasteiger charge is -2.21. The van der Waals surface area contributed by atoms with Gasteiger partial charge in [0.05, 0.1) is 19.3 Å². The molecule has 0 aromatic heterocycles. The first-order chi connectivity index (χ1) is 12.5. The fourth-order valence-electron chi connectivity index (χ4n) is 2.66. The van der Waals surface area contributed by atoms with Gasteiger partial charge in [0.15, 0.2) is 11.5 Å². The van der Waals surface area contributed by atoms with Crippen LogP contribution in [0.1, 0.15) is 39.3 Å². The maximum Gasteiger partial charge on any atom is 0.241 e. The first-order valence-corrected chi connectivity index (χ1v) is 9.06. The van der Waals surface area contributed by atoms with Crippen molar-refractivity contribution in [3.05, 3.63) is 54.1 Å². The summed E-state index contributed by atoms with van der Waals surface area (Å²) in [7, 11) is 0. The maximum atomic E-state index is 12.4. The summed E-state index contributed by atoms with van der Waals surface area (Å²) < 4.78 is 11.3. The Morgan fingerprint density at radius 2 is 1.62 bits per heavy atom. The Hall–Kier alpha value is -2.53. The van der Waals surface area contributed by atoms with Gasteiger partial charge in [0.2, 0.25) is 5.91 Å². The molecule has 0 aliphatic rings. The van der Waals surface area contributed by atoms with Gasteiger partial charge in [-0.3, -0.25) is 10.1 Å². The Balaban J connectivity index is 2.02. The number of amides is 1. The molecule has 1 amide bonds. The molecule has 0 fully saturated rings. The van der Waals surface area contributed by atoms with Crippen molar-refractivity contribution < 1.29 is 14.3 Å². The van der Waals surface area contributed by atoms with Crippen LogP contribution < -0.4 is 20.1 Å². The minimum absolute atomic E-state index is 0.0126. The van der Waals surface area contributed by atoms with Crippen molar-refractivity contribution >= 4 is 11.6 Å². The van der Waals surface area contributed by atoms with Crippen LogP contribution in [-0.2, 0) is 4.79 Å². The largest absolute Gasteiger partial charge is 0.490 e. The van der Waals surface area contributed by atoms with Crippen molar-refractivity contribution in [2.24, 2.45) is 0 Å². The number of anilines is 1. The number of carbonyl (C=O) groups is 1. The van der Waals surface area contributed by atoms with E-state index in [0.717, 1.165) is 22.7 Å². The molecule has 0 aliphatic carbocycles. The smallest absolute Gasteiger partial charge is 0.241 e. The molecule has 2 aromatic rings. The highest BCUT2D eigenvalue weighted by Gasteiger charge is 2.18. The van der Waals surface area contributed by atoms with Crippen LogP contribution in [0, 0.1) is 0 Å². The second kappa shape index (κ2) is 9.82. The van der Waals surface area contributed by atoms with Crippen molar-refractivity contribution in [2.45, 2.75) is 39.8 Å². The average molecular weight is 356 g/mol. The fraction of sp³-hybridized carbons (Fsp3) is 0.381. The minimum atomic E-state index is -0.340. The van der Waals surface area contributed by atoms with E-state index < -0.39 is 0 Å². The number of ether oxygens (including phenoxy) is 2. The van der Waals surface area contributed by atoms with Crippen molar-refractivity contribution in [3.8, 4) is 11.5 Å². The van der Waals surface area contributed by atoms with E-state index in [1.54, 1.807) is 0 Å². The third-order valence-electron chi connectivity index (χ3n) is 4.00. The van der Waals surface area contributed by atoms with Gasteiger partial charge >= 0.3 is 0 Å². The number of nitrogens with one attached hydrogen (secondary N) is 2. The van der Waals surface area contributed by atoms with Gasteiger partial charge in [-0.1, -0.05) is 24.3 Å². The number of rotatable bonds is 9. The summed E-state index contributed by atoms with van der Waals surface area (Å²) in [6, 6.07) is 15.0. The zero-order chi connectivity index (χ0) is 18.9. The summed E-state index contributed by atoms with van der Waals surface area (Å²) >= 11 is 0. The topological polar surface area (TPSA) is 59.6 Å². The summed E-state index contributed by atoms with van der Waals surface area (Å²) in [6.07, 6.45) is 0. The molecule has 0 saturated carbocycles. The maximum absolute atomic E-state index is 12.4. The molecule has 0 aliphatic heterocycles. The van der Waals surface area contributed by atoms with Crippen LogP contribution in [0.5, 0.6) is 11.5 Å². The molecule has 140 valence electrons. The van der Waals surface area contributed by atoms with Gasteiger partial charge in [-0.15, -0.1) is 0 Å². The Kier molecular flexibility index (Phi) is 7.48. The summed E-state index contributed by atoms with van der Waals surface area (Å²) in [5.41, 5.74) is 1.83. The van der Waals surface area contributed by atoms with Crippen molar-refractivity contribution in [1.29, 1.82) is 0 Å². The summed E-state index contributed by atoms with van der Waals surface area (Å²) in [5, 5.41) is 6.24. The predicted octanol–water partition coefficient (Wildman–Crippen LogP) is 4.16. The van der Waals surface area contributed by atoms with Gasteiger partial charge in [-0.25, -0.2) is 0 Å².